The summed E-state index contributed by atoms with van der Waals surface area (Å²) in [7, 11) is 0. The van der Waals surface area contributed by atoms with E-state index in [4.69, 9.17) is 0 Å². The van der Waals surface area contributed by atoms with Crippen molar-refractivity contribution < 1.29 is 4.79 Å². The van der Waals surface area contributed by atoms with Gasteiger partial charge in [-0.05, 0) is 73.5 Å². The Balaban J connectivity index is 1.89. The van der Waals surface area contributed by atoms with E-state index in [1.165, 1.54) is 0 Å². The Morgan fingerprint density at radius 2 is 1.91 bits per heavy atom. The van der Waals surface area contributed by atoms with Gasteiger partial charge in [0.15, 0.2) is 11.9 Å². The van der Waals surface area contributed by atoms with Crippen LogP contribution in [0, 0.1) is 13.8 Å². The van der Waals surface area contributed by atoms with E-state index in [9.17, 15) is 4.79 Å². The fourth-order valence-corrected chi connectivity index (χ4v) is 3.26. The van der Waals surface area contributed by atoms with Crippen molar-refractivity contribution in [2.24, 2.45) is 0 Å². The first-order valence-electron chi connectivity index (χ1n) is 7.60. The summed E-state index contributed by atoms with van der Waals surface area (Å²) < 4.78 is 1.70. The molecule has 1 atom stereocenters. The van der Waals surface area contributed by atoms with Crippen LogP contribution in [-0.4, -0.2) is 44.1 Å². The summed E-state index contributed by atoms with van der Waals surface area (Å²) in [6.45, 7) is 5.88. The number of hydrogen-bond donors (Lipinski definition) is 1. The number of hydrogen-bond acceptors (Lipinski definition) is 5. The van der Waals surface area contributed by atoms with E-state index in [0.29, 0.717) is 5.82 Å². The molecular weight excluding hydrogens is 280 g/mol. The number of tetrazole rings is 1. The first-order valence-corrected chi connectivity index (χ1v) is 7.60. The van der Waals surface area contributed by atoms with Gasteiger partial charge in [-0.25, -0.2) is 0 Å². The Morgan fingerprint density at radius 1 is 1.18 bits per heavy atom. The van der Waals surface area contributed by atoms with Crippen LogP contribution in [-0.2, 0) is 4.79 Å². The summed E-state index contributed by atoms with van der Waals surface area (Å²) in [5.74, 6) is 0.543. The SMILES string of the molecule is Cc1cc2c(cc1C)-n1nnnc1C(N1CCCC1)C(=O)N2. The predicted octanol–water partition coefficient (Wildman–Crippen LogP) is 1.37. The van der Waals surface area contributed by atoms with Gasteiger partial charge in [-0.2, -0.15) is 4.68 Å². The van der Waals surface area contributed by atoms with Crippen molar-refractivity contribution in [3.63, 3.8) is 0 Å². The van der Waals surface area contributed by atoms with Gasteiger partial charge in [0, 0.05) is 0 Å². The quantitative estimate of drug-likeness (QED) is 0.860. The third-order valence-electron chi connectivity index (χ3n) is 4.59. The maximum Gasteiger partial charge on any atom is 0.249 e. The van der Waals surface area contributed by atoms with E-state index in [1.54, 1.807) is 4.68 Å². The minimum Gasteiger partial charge on any atom is -0.322 e. The van der Waals surface area contributed by atoms with Crippen molar-refractivity contribution in [1.82, 2.24) is 25.1 Å². The molecule has 114 valence electrons. The molecule has 1 amide bonds. The van der Waals surface area contributed by atoms with Gasteiger partial charge < -0.3 is 5.32 Å². The Hall–Kier alpha value is -2.28. The molecule has 7 nitrogen and oxygen atoms in total. The maximum absolute atomic E-state index is 12.8. The zero-order valence-corrected chi connectivity index (χ0v) is 12.7. The van der Waals surface area contributed by atoms with Gasteiger partial charge in [-0.3, -0.25) is 9.69 Å². The lowest BCUT2D eigenvalue weighted by molar-refractivity contribution is -0.121. The second-order valence-corrected chi connectivity index (χ2v) is 6.04. The number of aromatic nitrogens is 4. The molecule has 4 rings (SSSR count). The predicted molar refractivity (Wildman–Crippen MR) is 80.8 cm³/mol. The zero-order valence-electron chi connectivity index (χ0n) is 12.7. The topological polar surface area (TPSA) is 75.9 Å². The number of carbonyl (C=O) groups is 1. The van der Waals surface area contributed by atoms with Crippen LogP contribution in [0.2, 0.25) is 0 Å². The third kappa shape index (κ3) is 1.93. The standard InChI is InChI=1S/C15H18N6O/c1-9-7-11-12(8-10(9)2)21-14(17-18-19-21)13(15(22)16-11)20-5-3-4-6-20/h7-8,13H,3-6H2,1-2H3,(H,16,22). The fraction of sp³-hybridized carbons (Fsp3) is 0.467. The number of benzene rings is 1. The molecule has 1 N–H and O–H groups in total. The Bertz CT molecular complexity index is 746. The number of anilines is 1. The molecule has 1 saturated heterocycles. The number of likely N-dealkylation sites (tertiary alicyclic amines) is 1. The van der Waals surface area contributed by atoms with E-state index in [2.05, 4.69) is 25.7 Å². The van der Waals surface area contributed by atoms with E-state index in [1.807, 2.05) is 26.0 Å². The van der Waals surface area contributed by atoms with Gasteiger partial charge in [0.2, 0.25) is 5.91 Å². The summed E-state index contributed by atoms with van der Waals surface area (Å²) in [5.41, 5.74) is 3.88. The second-order valence-electron chi connectivity index (χ2n) is 6.04. The van der Waals surface area contributed by atoms with Crippen LogP contribution in [0.15, 0.2) is 12.1 Å². The van der Waals surface area contributed by atoms with Gasteiger partial charge in [-0.15, -0.1) is 5.10 Å². The monoisotopic (exact) mass is 298 g/mol. The van der Waals surface area contributed by atoms with Crippen LogP contribution in [0.25, 0.3) is 5.69 Å². The van der Waals surface area contributed by atoms with E-state index in [-0.39, 0.29) is 5.91 Å². The molecule has 2 aliphatic rings. The first-order chi connectivity index (χ1) is 10.6. The van der Waals surface area contributed by atoms with Crippen LogP contribution in [0.5, 0.6) is 0 Å². The molecule has 1 aromatic carbocycles. The van der Waals surface area contributed by atoms with E-state index < -0.39 is 6.04 Å². The summed E-state index contributed by atoms with van der Waals surface area (Å²) in [6, 6.07) is 3.59. The molecule has 7 heteroatoms. The number of aryl methyl sites for hydroxylation is 2. The van der Waals surface area contributed by atoms with Crippen molar-refractivity contribution in [1.29, 1.82) is 0 Å². The minimum absolute atomic E-state index is 0.0556. The fourth-order valence-electron chi connectivity index (χ4n) is 3.26. The van der Waals surface area contributed by atoms with Crippen molar-refractivity contribution in [2.75, 3.05) is 18.4 Å². The average Bonchev–Trinajstić information content (AvgIpc) is 3.13. The number of rotatable bonds is 1. The molecule has 0 spiro atoms. The third-order valence-corrected chi connectivity index (χ3v) is 4.59. The minimum atomic E-state index is -0.425. The normalized spacial score (nSPS) is 21.2. The van der Waals surface area contributed by atoms with E-state index in [0.717, 1.165) is 48.4 Å². The molecule has 3 heterocycles. The van der Waals surface area contributed by atoms with Crippen LogP contribution in [0.4, 0.5) is 5.69 Å². The molecule has 0 bridgehead atoms. The largest absolute Gasteiger partial charge is 0.322 e. The van der Waals surface area contributed by atoms with Crippen LogP contribution in [0.1, 0.15) is 35.8 Å². The van der Waals surface area contributed by atoms with Crippen molar-refractivity contribution in [3.05, 3.63) is 29.1 Å². The highest BCUT2D eigenvalue weighted by molar-refractivity contribution is 5.98. The van der Waals surface area contributed by atoms with Gasteiger partial charge in [-0.1, -0.05) is 0 Å². The molecule has 0 radical (unpaired) electrons. The maximum atomic E-state index is 12.8. The smallest absolute Gasteiger partial charge is 0.249 e. The Kier molecular flexibility index (Phi) is 2.97. The zero-order chi connectivity index (χ0) is 15.3. The van der Waals surface area contributed by atoms with Gasteiger partial charge >= 0.3 is 0 Å². The lowest BCUT2D eigenvalue weighted by atomic mass is 10.1. The number of nitrogens with zero attached hydrogens (tertiary/aromatic N) is 5. The van der Waals surface area contributed by atoms with Crippen LogP contribution >= 0.6 is 0 Å². The number of carbonyl (C=O) groups excluding carboxylic acids is 1. The Labute approximate surface area is 128 Å². The van der Waals surface area contributed by atoms with E-state index >= 15 is 0 Å². The van der Waals surface area contributed by atoms with Crippen molar-refractivity contribution >= 4 is 11.6 Å². The summed E-state index contributed by atoms with van der Waals surface area (Å²) >= 11 is 0. The van der Waals surface area contributed by atoms with Gasteiger partial charge in [0.05, 0.1) is 11.4 Å². The molecule has 0 aliphatic carbocycles. The molecule has 2 aromatic rings. The number of nitrogens with one attached hydrogen (secondary N) is 1. The van der Waals surface area contributed by atoms with Crippen molar-refractivity contribution in [3.8, 4) is 5.69 Å². The molecule has 22 heavy (non-hydrogen) atoms. The number of fused-ring (bicyclic) bond motifs is 3. The first kappa shape index (κ1) is 13.4. The molecule has 1 fully saturated rings. The second kappa shape index (κ2) is 4.88. The Morgan fingerprint density at radius 3 is 2.68 bits per heavy atom. The van der Waals surface area contributed by atoms with Crippen LogP contribution in [0.3, 0.4) is 0 Å². The highest BCUT2D eigenvalue weighted by Gasteiger charge is 2.37. The molecule has 1 aromatic heterocycles. The van der Waals surface area contributed by atoms with Gasteiger partial charge in [0.1, 0.15) is 0 Å². The van der Waals surface area contributed by atoms with Crippen molar-refractivity contribution in [2.45, 2.75) is 32.7 Å². The molecule has 2 aliphatic heterocycles. The molecular formula is C15H18N6O. The highest BCUT2D eigenvalue weighted by Crippen LogP contribution is 2.33. The lowest BCUT2D eigenvalue weighted by Crippen LogP contribution is -2.35. The average molecular weight is 298 g/mol. The molecule has 1 unspecified atom stereocenters. The summed E-state index contributed by atoms with van der Waals surface area (Å²) in [5, 5.41) is 15.1. The highest BCUT2D eigenvalue weighted by atomic mass is 16.2. The van der Waals surface area contributed by atoms with Crippen LogP contribution < -0.4 is 5.32 Å². The summed E-state index contributed by atoms with van der Waals surface area (Å²) in [4.78, 5) is 14.9. The lowest BCUT2D eigenvalue weighted by Gasteiger charge is -2.23. The number of amides is 1. The molecule has 0 saturated carbocycles. The van der Waals surface area contributed by atoms with Gasteiger partial charge in [0.25, 0.3) is 0 Å². The summed E-state index contributed by atoms with van der Waals surface area (Å²) in [6.07, 6.45) is 2.22.